The van der Waals surface area contributed by atoms with Gasteiger partial charge in [-0.2, -0.15) is 0 Å². The zero-order valence-electron chi connectivity index (χ0n) is 12.7. The second-order valence-electron chi connectivity index (χ2n) is 6.35. The van der Waals surface area contributed by atoms with Gasteiger partial charge in [0, 0.05) is 12.1 Å². The van der Waals surface area contributed by atoms with Crippen LogP contribution in [-0.2, 0) is 14.8 Å². The molecule has 1 aliphatic rings. The van der Waals surface area contributed by atoms with Gasteiger partial charge in [0.1, 0.15) is 5.54 Å². The van der Waals surface area contributed by atoms with Crippen LogP contribution in [0.4, 0.5) is 4.79 Å². The second kappa shape index (κ2) is 5.80. The maximum absolute atomic E-state index is 11.8. The number of rotatable bonds is 7. The van der Waals surface area contributed by atoms with E-state index >= 15 is 0 Å². The molecule has 1 fully saturated rings. The third-order valence-corrected chi connectivity index (χ3v) is 4.29. The highest BCUT2D eigenvalue weighted by Crippen LogP contribution is 2.39. The molecule has 1 unspecified atom stereocenters. The Balaban J connectivity index is 2.56. The summed E-state index contributed by atoms with van der Waals surface area (Å²) in [5.74, 6) is -1.14. The third kappa shape index (κ3) is 5.50. The van der Waals surface area contributed by atoms with Crippen molar-refractivity contribution >= 4 is 22.0 Å². The number of hydrogen-bond donors (Lipinski definition) is 4. The minimum absolute atomic E-state index is 0.0340. The number of carbonyl (C=O) groups excluding carboxylic acids is 1. The molecule has 1 atom stereocenters. The van der Waals surface area contributed by atoms with Crippen molar-refractivity contribution in [1.29, 1.82) is 0 Å². The van der Waals surface area contributed by atoms with Crippen molar-refractivity contribution in [2.45, 2.75) is 44.7 Å². The Hall–Kier alpha value is -1.35. The van der Waals surface area contributed by atoms with Gasteiger partial charge in [-0.25, -0.2) is 22.7 Å². The normalized spacial score (nSPS) is 18.7. The molecule has 0 aromatic heterocycles. The molecule has 0 heterocycles. The number of hydrogen-bond acceptors (Lipinski definition) is 4. The quantitative estimate of drug-likeness (QED) is 0.520. The molecule has 1 saturated carbocycles. The predicted octanol–water partition coefficient (Wildman–Crippen LogP) is -0.133. The van der Waals surface area contributed by atoms with E-state index in [9.17, 15) is 23.1 Å². The molecule has 0 bridgehead atoms. The van der Waals surface area contributed by atoms with Gasteiger partial charge in [0.2, 0.25) is 10.0 Å². The molecule has 0 spiro atoms. The van der Waals surface area contributed by atoms with Crippen LogP contribution in [0.25, 0.3) is 0 Å². The number of amides is 2. The van der Waals surface area contributed by atoms with E-state index in [0.29, 0.717) is 0 Å². The summed E-state index contributed by atoms with van der Waals surface area (Å²) in [6, 6.07) is -0.629. The maximum atomic E-state index is 11.8. The number of carboxylic acid groups (broad SMARTS) is 1. The van der Waals surface area contributed by atoms with Gasteiger partial charge in [0.15, 0.2) is 0 Å². The average molecular weight is 321 g/mol. The van der Waals surface area contributed by atoms with Crippen molar-refractivity contribution in [2.24, 2.45) is 5.92 Å². The fraction of sp³-hybridized carbons (Fsp3) is 0.833. The minimum atomic E-state index is -3.40. The Morgan fingerprint density at radius 2 is 1.76 bits per heavy atom. The van der Waals surface area contributed by atoms with Crippen LogP contribution in [0.2, 0.25) is 0 Å². The van der Waals surface area contributed by atoms with Crippen LogP contribution in [0.1, 0.15) is 33.6 Å². The molecule has 0 aliphatic heterocycles. The lowest BCUT2D eigenvalue weighted by Gasteiger charge is -2.29. The summed E-state index contributed by atoms with van der Waals surface area (Å²) >= 11 is 0. The Morgan fingerprint density at radius 3 is 2.14 bits per heavy atom. The molecule has 1 rings (SSSR count). The SMILES string of the molecule is CC(C)(CNC(=O)NC(C)(C(=O)O)C1CC1)NS(C)(=O)=O. The number of carbonyl (C=O) groups is 2. The van der Waals surface area contributed by atoms with E-state index in [1.165, 1.54) is 6.92 Å². The van der Waals surface area contributed by atoms with E-state index in [1.807, 2.05) is 0 Å². The summed E-state index contributed by atoms with van der Waals surface area (Å²) in [6.45, 7) is 4.75. The zero-order chi connectivity index (χ0) is 16.5. The monoisotopic (exact) mass is 321 g/mol. The molecule has 0 radical (unpaired) electrons. The molecule has 2 amide bonds. The van der Waals surface area contributed by atoms with Gasteiger partial charge in [-0.1, -0.05) is 0 Å². The van der Waals surface area contributed by atoms with Crippen LogP contribution in [0.15, 0.2) is 0 Å². The first kappa shape index (κ1) is 17.7. The summed E-state index contributed by atoms with van der Waals surface area (Å²) < 4.78 is 24.8. The van der Waals surface area contributed by atoms with Crippen LogP contribution >= 0.6 is 0 Å². The van der Waals surface area contributed by atoms with Crippen molar-refractivity contribution in [1.82, 2.24) is 15.4 Å². The predicted molar refractivity (Wildman–Crippen MR) is 77.4 cm³/mol. The van der Waals surface area contributed by atoms with Crippen molar-refractivity contribution in [3.05, 3.63) is 0 Å². The number of sulfonamides is 1. The molecular formula is C12H23N3O5S. The first-order chi connectivity index (χ1) is 9.36. The Kier molecular flexibility index (Phi) is 4.89. The number of urea groups is 1. The maximum Gasteiger partial charge on any atom is 0.329 e. The Labute approximate surface area is 124 Å². The lowest BCUT2D eigenvalue weighted by Crippen LogP contribution is -2.59. The fourth-order valence-electron chi connectivity index (χ4n) is 2.11. The van der Waals surface area contributed by atoms with Gasteiger partial charge in [-0.15, -0.1) is 0 Å². The lowest BCUT2D eigenvalue weighted by molar-refractivity contribution is -0.144. The summed E-state index contributed by atoms with van der Waals surface area (Å²) in [5, 5.41) is 14.2. The summed E-state index contributed by atoms with van der Waals surface area (Å²) in [5.41, 5.74) is -2.16. The molecule has 4 N–H and O–H groups in total. The van der Waals surface area contributed by atoms with E-state index in [4.69, 9.17) is 0 Å². The van der Waals surface area contributed by atoms with E-state index in [0.717, 1.165) is 19.1 Å². The van der Waals surface area contributed by atoms with Crippen molar-refractivity contribution in [3.8, 4) is 0 Å². The first-order valence-electron chi connectivity index (χ1n) is 6.64. The number of nitrogens with one attached hydrogen (secondary N) is 3. The van der Waals surface area contributed by atoms with Crippen molar-refractivity contribution < 1.29 is 23.1 Å². The highest BCUT2D eigenvalue weighted by atomic mass is 32.2. The van der Waals surface area contributed by atoms with Crippen LogP contribution in [0.5, 0.6) is 0 Å². The van der Waals surface area contributed by atoms with Crippen LogP contribution in [0, 0.1) is 5.92 Å². The van der Waals surface area contributed by atoms with E-state index in [1.54, 1.807) is 13.8 Å². The van der Waals surface area contributed by atoms with Gasteiger partial charge in [-0.3, -0.25) is 0 Å². The van der Waals surface area contributed by atoms with Gasteiger partial charge < -0.3 is 15.7 Å². The van der Waals surface area contributed by atoms with Crippen LogP contribution in [-0.4, -0.2) is 49.4 Å². The zero-order valence-corrected chi connectivity index (χ0v) is 13.5. The van der Waals surface area contributed by atoms with Gasteiger partial charge in [0.25, 0.3) is 0 Å². The smallest absolute Gasteiger partial charge is 0.329 e. The van der Waals surface area contributed by atoms with E-state index in [2.05, 4.69) is 15.4 Å². The number of aliphatic carboxylic acids is 1. The molecule has 0 saturated heterocycles. The molecule has 122 valence electrons. The summed E-state index contributed by atoms with van der Waals surface area (Å²) in [7, 11) is -3.40. The van der Waals surface area contributed by atoms with Gasteiger partial charge in [0.05, 0.1) is 6.26 Å². The molecule has 0 aromatic carbocycles. The Bertz CT molecular complexity index is 527. The van der Waals surface area contributed by atoms with E-state index in [-0.39, 0.29) is 12.5 Å². The first-order valence-corrected chi connectivity index (χ1v) is 8.53. The lowest BCUT2D eigenvalue weighted by atomic mass is 9.96. The van der Waals surface area contributed by atoms with Gasteiger partial charge >= 0.3 is 12.0 Å². The summed E-state index contributed by atoms with van der Waals surface area (Å²) in [6.07, 6.45) is 2.57. The molecule has 21 heavy (non-hydrogen) atoms. The highest BCUT2D eigenvalue weighted by Gasteiger charge is 2.48. The minimum Gasteiger partial charge on any atom is -0.480 e. The molecule has 9 heteroatoms. The van der Waals surface area contributed by atoms with E-state index < -0.39 is 33.1 Å². The van der Waals surface area contributed by atoms with Crippen molar-refractivity contribution in [2.75, 3.05) is 12.8 Å². The average Bonchev–Trinajstić information content (AvgIpc) is 3.06. The molecule has 1 aliphatic carbocycles. The Morgan fingerprint density at radius 1 is 1.24 bits per heavy atom. The molecule has 0 aromatic rings. The highest BCUT2D eigenvalue weighted by molar-refractivity contribution is 7.88. The molecular weight excluding hydrogens is 298 g/mol. The summed E-state index contributed by atoms with van der Waals surface area (Å²) in [4.78, 5) is 23.1. The topological polar surface area (TPSA) is 125 Å². The standard InChI is InChI=1S/C12H23N3O5S/c1-11(2,15-21(4,19)20)7-13-10(18)14-12(3,9(16)17)8-5-6-8/h8,15H,5-7H2,1-4H3,(H,16,17)(H2,13,14,18). The van der Waals surface area contributed by atoms with Gasteiger partial charge in [-0.05, 0) is 39.5 Å². The van der Waals surface area contributed by atoms with Crippen molar-refractivity contribution in [3.63, 3.8) is 0 Å². The molecule has 8 nitrogen and oxygen atoms in total. The van der Waals surface area contributed by atoms with Crippen LogP contribution < -0.4 is 15.4 Å². The second-order valence-corrected chi connectivity index (χ2v) is 8.10. The fourth-order valence-corrected chi connectivity index (χ4v) is 3.19. The van der Waals surface area contributed by atoms with Crippen LogP contribution in [0.3, 0.4) is 0 Å². The largest absolute Gasteiger partial charge is 0.480 e. The third-order valence-electron chi connectivity index (χ3n) is 3.36. The number of carboxylic acids is 1.